The van der Waals surface area contributed by atoms with Gasteiger partial charge in [-0.3, -0.25) is 14.8 Å². The number of hydrogen-bond donors (Lipinski definition) is 0. The van der Waals surface area contributed by atoms with Crippen LogP contribution < -0.4 is 4.90 Å². The lowest BCUT2D eigenvalue weighted by molar-refractivity contribution is -0.117. The zero-order valence-electron chi connectivity index (χ0n) is 14.3. The maximum Gasteiger partial charge on any atom is 0.233 e. The van der Waals surface area contributed by atoms with E-state index in [4.69, 9.17) is 0 Å². The molecule has 1 aromatic carbocycles. The van der Waals surface area contributed by atoms with E-state index in [0.29, 0.717) is 22.5 Å². The lowest BCUT2D eigenvalue weighted by Crippen LogP contribution is -2.26. The number of fused-ring (bicyclic) bond motifs is 1. The Balaban J connectivity index is 1.74. The highest BCUT2D eigenvalue weighted by Gasteiger charge is 2.29. The highest BCUT2D eigenvalue weighted by atomic mass is 19.1. The van der Waals surface area contributed by atoms with E-state index >= 15 is 0 Å². The molecule has 0 N–H and O–H groups in total. The summed E-state index contributed by atoms with van der Waals surface area (Å²) in [7, 11) is 0. The number of rotatable bonds is 3. The van der Waals surface area contributed by atoms with Crippen LogP contribution in [0, 0.1) is 24.4 Å². The Kier molecular flexibility index (Phi) is 4.14. The molecule has 3 aromatic rings. The van der Waals surface area contributed by atoms with E-state index in [-0.39, 0.29) is 30.0 Å². The minimum atomic E-state index is -0.665. The maximum atomic E-state index is 14.5. The number of benzene rings is 1. The van der Waals surface area contributed by atoms with E-state index in [1.165, 1.54) is 42.4 Å². The van der Waals surface area contributed by atoms with Crippen LogP contribution in [0.1, 0.15) is 16.8 Å². The molecule has 3 heterocycles. The summed E-state index contributed by atoms with van der Waals surface area (Å²) in [5, 5.41) is 0. The van der Waals surface area contributed by atoms with Crippen LogP contribution in [0.15, 0.2) is 42.9 Å². The zero-order valence-corrected chi connectivity index (χ0v) is 14.3. The largest absolute Gasteiger partial charge is 0.306 e. The second-order valence-electron chi connectivity index (χ2n) is 6.39. The van der Waals surface area contributed by atoms with Gasteiger partial charge in [0.25, 0.3) is 0 Å². The van der Waals surface area contributed by atoms with E-state index in [9.17, 15) is 18.0 Å². The predicted octanol–water partition coefficient (Wildman–Crippen LogP) is 3.96. The van der Waals surface area contributed by atoms with Crippen LogP contribution in [0.2, 0.25) is 0 Å². The van der Waals surface area contributed by atoms with Crippen molar-refractivity contribution in [3.8, 4) is 11.1 Å². The third-order valence-electron chi connectivity index (χ3n) is 4.59. The molecule has 0 saturated heterocycles. The zero-order chi connectivity index (χ0) is 19.1. The number of aromatic nitrogens is 2. The average Bonchev–Trinajstić information content (AvgIpc) is 2.95. The van der Waals surface area contributed by atoms with Gasteiger partial charge < -0.3 is 4.90 Å². The van der Waals surface area contributed by atoms with Crippen molar-refractivity contribution in [2.45, 2.75) is 19.9 Å². The summed E-state index contributed by atoms with van der Waals surface area (Å²) in [4.78, 5) is 21.9. The average molecular weight is 369 g/mol. The van der Waals surface area contributed by atoms with E-state index in [2.05, 4.69) is 9.97 Å². The maximum absolute atomic E-state index is 14.5. The van der Waals surface area contributed by atoms with Gasteiger partial charge in [-0.1, -0.05) is 0 Å². The Hall–Kier alpha value is -3.22. The Bertz CT molecular complexity index is 1070. The number of hydrogen-bond acceptors (Lipinski definition) is 3. The smallest absolute Gasteiger partial charge is 0.233 e. The summed E-state index contributed by atoms with van der Waals surface area (Å²) in [5.74, 6) is -1.97. The van der Waals surface area contributed by atoms with Crippen molar-refractivity contribution in [3.05, 3.63) is 77.1 Å². The Morgan fingerprint density at radius 2 is 1.93 bits per heavy atom. The second kappa shape index (κ2) is 6.50. The molecule has 27 heavy (non-hydrogen) atoms. The van der Waals surface area contributed by atoms with Gasteiger partial charge in [0.15, 0.2) is 0 Å². The molecule has 4 rings (SSSR count). The molecule has 4 nitrogen and oxygen atoms in total. The van der Waals surface area contributed by atoms with Gasteiger partial charge in [-0.2, -0.15) is 0 Å². The van der Waals surface area contributed by atoms with Crippen LogP contribution in [0.25, 0.3) is 11.1 Å². The van der Waals surface area contributed by atoms with Crippen molar-refractivity contribution in [2.24, 2.45) is 0 Å². The van der Waals surface area contributed by atoms with Gasteiger partial charge >= 0.3 is 0 Å². The summed E-state index contributed by atoms with van der Waals surface area (Å²) >= 11 is 0. The number of halogens is 3. The molecule has 1 aliphatic heterocycles. The van der Waals surface area contributed by atoms with Crippen LogP contribution in [0.4, 0.5) is 18.9 Å². The molecular weight excluding hydrogens is 355 g/mol. The van der Waals surface area contributed by atoms with Gasteiger partial charge in [0.05, 0.1) is 30.5 Å². The number of anilines is 1. The van der Waals surface area contributed by atoms with Gasteiger partial charge in [-0.25, -0.2) is 13.2 Å². The van der Waals surface area contributed by atoms with Crippen LogP contribution in [0.3, 0.4) is 0 Å². The topological polar surface area (TPSA) is 46.1 Å². The summed E-state index contributed by atoms with van der Waals surface area (Å²) in [5.41, 5.74) is 2.19. The standard InChI is InChI=1S/C20H14F3N3O/c1-11-16(22)3-2-15(20(11)23)13-5-18-17(25-8-13)6-19(27)26(18)10-12-4-14(21)9-24-7-12/h2-5,7-9H,6,10H2,1H3. The molecule has 0 fully saturated rings. The normalized spacial score (nSPS) is 13.2. The van der Waals surface area contributed by atoms with Crippen molar-refractivity contribution in [2.75, 3.05) is 4.90 Å². The van der Waals surface area contributed by atoms with Gasteiger partial charge in [0.2, 0.25) is 5.91 Å². The van der Waals surface area contributed by atoms with E-state index < -0.39 is 17.5 Å². The predicted molar refractivity (Wildman–Crippen MR) is 93.4 cm³/mol. The first-order valence-electron chi connectivity index (χ1n) is 8.27. The quantitative estimate of drug-likeness (QED) is 0.702. The Morgan fingerprint density at radius 1 is 1.11 bits per heavy atom. The first-order chi connectivity index (χ1) is 12.9. The lowest BCUT2D eigenvalue weighted by Gasteiger charge is -2.18. The summed E-state index contributed by atoms with van der Waals surface area (Å²) in [6.07, 6.45) is 4.15. The minimum Gasteiger partial charge on any atom is -0.306 e. The van der Waals surface area contributed by atoms with Crippen molar-refractivity contribution >= 4 is 11.6 Å². The van der Waals surface area contributed by atoms with Gasteiger partial charge in [0, 0.05) is 29.1 Å². The number of carbonyl (C=O) groups excluding carboxylic acids is 1. The van der Waals surface area contributed by atoms with E-state index in [0.717, 1.165) is 6.20 Å². The summed E-state index contributed by atoms with van der Waals surface area (Å²) < 4.78 is 41.4. The molecule has 0 unspecified atom stereocenters. The molecule has 136 valence electrons. The summed E-state index contributed by atoms with van der Waals surface area (Å²) in [6.45, 7) is 1.49. The number of pyridine rings is 2. The van der Waals surface area contributed by atoms with Crippen LogP contribution in [0.5, 0.6) is 0 Å². The van der Waals surface area contributed by atoms with Gasteiger partial charge in [0.1, 0.15) is 17.5 Å². The Labute approximate surface area is 153 Å². The van der Waals surface area contributed by atoms with E-state index in [1.54, 1.807) is 6.07 Å². The van der Waals surface area contributed by atoms with Crippen LogP contribution in [-0.4, -0.2) is 15.9 Å². The van der Waals surface area contributed by atoms with Gasteiger partial charge in [-0.05, 0) is 36.8 Å². The Morgan fingerprint density at radius 3 is 2.70 bits per heavy atom. The van der Waals surface area contributed by atoms with Gasteiger partial charge in [-0.15, -0.1) is 0 Å². The molecule has 7 heteroatoms. The number of amides is 1. The second-order valence-corrected chi connectivity index (χ2v) is 6.39. The lowest BCUT2D eigenvalue weighted by atomic mass is 10.0. The molecule has 0 saturated carbocycles. The first kappa shape index (κ1) is 17.2. The molecule has 0 atom stereocenters. The molecule has 0 aliphatic carbocycles. The number of nitrogens with zero attached hydrogens (tertiary/aromatic N) is 3. The van der Waals surface area contributed by atoms with Crippen LogP contribution >= 0.6 is 0 Å². The molecule has 2 aromatic heterocycles. The number of carbonyl (C=O) groups is 1. The molecule has 1 amide bonds. The minimum absolute atomic E-state index is 0.0771. The fourth-order valence-corrected chi connectivity index (χ4v) is 3.15. The third-order valence-corrected chi connectivity index (χ3v) is 4.59. The molecule has 1 aliphatic rings. The monoisotopic (exact) mass is 369 g/mol. The van der Waals surface area contributed by atoms with Crippen molar-refractivity contribution in [3.63, 3.8) is 0 Å². The molecule has 0 bridgehead atoms. The highest BCUT2D eigenvalue weighted by Crippen LogP contribution is 2.34. The molecule has 0 spiro atoms. The van der Waals surface area contributed by atoms with Crippen molar-refractivity contribution in [1.82, 2.24) is 9.97 Å². The molecular formula is C20H14F3N3O. The SMILES string of the molecule is Cc1c(F)ccc(-c2cnc3c(c2)N(Cc2cncc(F)c2)C(=O)C3)c1F. The van der Waals surface area contributed by atoms with Crippen LogP contribution in [-0.2, 0) is 17.8 Å². The van der Waals surface area contributed by atoms with Crippen molar-refractivity contribution < 1.29 is 18.0 Å². The fourth-order valence-electron chi connectivity index (χ4n) is 3.15. The highest BCUT2D eigenvalue weighted by molar-refractivity contribution is 6.01. The van der Waals surface area contributed by atoms with E-state index in [1.807, 2.05) is 0 Å². The first-order valence-corrected chi connectivity index (χ1v) is 8.27. The third kappa shape index (κ3) is 3.05. The van der Waals surface area contributed by atoms with Crippen molar-refractivity contribution in [1.29, 1.82) is 0 Å². The molecule has 0 radical (unpaired) electrons. The summed E-state index contributed by atoms with van der Waals surface area (Å²) in [6, 6.07) is 5.50. The fraction of sp³-hybridized carbons (Fsp3) is 0.150.